The van der Waals surface area contributed by atoms with Gasteiger partial charge in [0.15, 0.2) is 0 Å². The highest BCUT2D eigenvalue weighted by Gasteiger charge is 2.43. The minimum atomic E-state index is 0.337. The van der Waals surface area contributed by atoms with Gasteiger partial charge in [-0.05, 0) is 52.1 Å². The Morgan fingerprint density at radius 3 is 2.19 bits per heavy atom. The van der Waals surface area contributed by atoms with Crippen LogP contribution in [-0.4, -0.2) is 29.6 Å². The van der Waals surface area contributed by atoms with Crippen LogP contribution in [0.2, 0.25) is 0 Å². The molecule has 2 nitrogen and oxygen atoms in total. The van der Waals surface area contributed by atoms with Crippen LogP contribution in [0, 0.1) is 5.92 Å². The van der Waals surface area contributed by atoms with Crippen molar-refractivity contribution in [3.63, 3.8) is 0 Å². The zero-order chi connectivity index (χ0) is 11.6. The molecule has 0 bridgehead atoms. The summed E-state index contributed by atoms with van der Waals surface area (Å²) < 4.78 is 0. The molecule has 2 rings (SSSR count). The van der Waals surface area contributed by atoms with Gasteiger partial charge in [-0.3, -0.25) is 4.90 Å². The molecule has 2 fully saturated rings. The Morgan fingerprint density at radius 1 is 1.06 bits per heavy atom. The van der Waals surface area contributed by atoms with Crippen LogP contribution in [0.15, 0.2) is 0 Å². The largest absolute Gasteiger partial charge is 0.330 e. The molecule has 2 N–H and O–H groups in total. The Labute approximate surface area is 101 Å². The molecule has 0 spiro atoms. The molecular weight excluding hydrogens is 196 g/mol. The van der Waals surface area contributed by atoms with Gasteiger partial charge in [-0.1, -0.05) is 25.7 Å². The second kappa shape index (κ2) is 5.05. The number of nitrogens with two attached hydrogens (primary N) is 1. The van der Waals surface area contributed by atoms with E-state index in [1.807, 2.05) is 0 Å². The van der Waals surface area contributed by atoms with E-state index in [2.05, 4.69) is 18.7 Å². The lowest BCUT2D eigenvalue weighted by atomic mass is 9.87. The summed E-state index contributed by atoms with van der Waals surface area (Å²) in [6, 6.07) is 0.842. The maximum atomic E-state index is 5.91. The van der Waals surface area contributed by atoms with E-state index in [4.69, 9.17) is 5.73 Å². The number of hydrogen-bond donors (Lipinski definition) is 1. The molecule has 2 aliphatic rings. The third kappa shape index (κ3) is 2.28. The summed E-state index contributed by atoms with van der Waals surface area (Å²) in [5, 5.41) is 0. The fourth-order valence-corrected chi connectivity index (χ4v) is 3.80. The molecule has 2 heteroatoms. The van der Waals surface area contributed by atoms with Crippen LogP contribution < -0.4 is 5.73 Å². The van der Waals surface area contributed by atoms with Crippen LogP contribution in [0.1, 0.15) is 58.8 Å². The summed E-state index contributed by atoms with van der Waals surface area (Å²) in [5.41, 5.74) is 6.24. The summed E-state index contributed by atoms with van der Waals surface area (Å²) in [5.74, 6) is 0.704. The molecule has 0 amide bonds. The Bertz CT molecular complexity index is 217. The first kappa shape index (κ1) is 12.4. The van der Waals surface area contributed by atoms with Crippen molar-refractivity contribution < 1.29 is 0 Å². The molecule has 0 radical (unpaired) electrons. The number of likely N-dealkylation sites (tertiary alicyclic amines) is 1. The Morgan fingerprint density at radius 2 is 1.69 bits per heavy atom. The highest BCUT2D eigenvalue weighted by Crippen LogP contribution is 2.38. The van der Waals surface area contributed by atoms with Crippen molar-refractivity contribution in [3.8, 4) is 0 Å². The fourth-order valence-electron chi connectivity index (χ4n) is 3.80. The molecule has 1 aliphatic carbocycles. The van der Waals surface area contributed by atoms with Crippen LogP contribution >= 0.6 is 0 Å². The second-order valence-corrected chi connectivity index (χ2v) is 6.21. The number of nitrogens with zero attached hydrogens (tertiary/aromatic N) is 1. The van der Waals surface area contributed by atoms with Gasteiger partial charge >= 0.3 is 0 Å². The van der Waals surface area contributed by atoms with Gasteiger partial charge < -0.3 is 5.73 Å². The summed E-state index contributed by atoms with van der Waals surface area (Å²) in [4.78, 5) is 2.77. The molecule has 0 aromatic heterocycles. The summed E-state index contributed by atoms with van der Waals surface area (Å²) >= 11 is 0. The molecule has 16 heavy (non-hydrogen) atoms. The molecule has 0 aromatic carbocycles. The first-order valence-electron chi connectivity index (χ1n) is 7.13. The summed E-state index contributed by atoms with van der Waals surface area (Å²) in [6.07, 6.45) is 9.91. The summed E-state index contributed by atoms with van der Waals surface area (Å²) in [6.45, 7) is 6.95. The smallest absolute Gasteiger partial charge is 0.0196 e. The normalized spacial score (nSPS) is 32.8. The molecule has 1 aliphatic heterocycles. The minimum Gasteiger partial charge on any atom is -0.330 e. The van der Waals surface area contributed by atoms with Crippen molar-refractivity contribution in [2.45, 2.75) is 70.4 Å². The van der Waals surface area contributed by atoms with Crippen LogP contribution in [0.25, 0.3) is 0 Å². The highest BCUT2D eigenvalue weighted by atomic mass is 15.2. The lowest BCUT2D eigenvalue weighted by Crippen LogP contribution is -2.49. The van der Waals surface area contributed by atoms with Crippen LogP contribution in [0.5, 0.6) is 0 Å². The molecule has 1 saturated heterocycles. The maximum Gasteiger partial charge on any atom is 0.0196 e. The lowest BCUT2D eigenvalue weighted by Gasteiger charge is -2.41. The minimum absolute atomic E-state index is 0.337. The van der Waals surface area contributed by atoms with E-state index >= 15 is 0 Å². The van der Waals surface area contributed by atoms with E-state index in [9.17, 15) is 0 Å². The molecule has 1 unspecified atom stereocenters. The van der Waals surface area contributed by atoms with Gasteiger partial charge in [0.05, 0.1) is 0 Å². The van der Waals surface area contributed by atoms with Crippen molar-refractivity contribution in [1.82, 2.24) is 4.90 Å². The molecule has 0 aromatic rings. The van der Waals surface area contributed by atoms with Gasteiger partial charge in [0.1, 0.15) is 0 Å². The second-order valence-electron chi connectivity index (χ2n) is 6.21. The van der Waals surface area contributed by atoms with Gasteiger partial charge in [-0.2, -0.15) is 0 Å². The van der Waals surface area contributed by atoms with Crippen molar-refractivity contribution in [3.05, 3.63) is 0 Å². The number of hydrogen-bond acceptors (Lipinski definition) is 2. The SMILES string of the molecule is CC1(C)C(CN)CCN1C1CCCCCC1. The van der Waals surface area contributed by atoms with E-state index in [-0.39, 0.29) is 0 Å². The zero-order valence-corrected chi connectivity index (χ0v) is 11.0. The fraction of sp³-hybridized carbons (Fsp3) is 1.00. The molecule has 1 atom stereocenters. The standard InChI is InChI=1S/C14H28N2/c1-14(2)12(11-15)9-10-16(14)13-7-5-3-4-6-8-13/h12-13H,3-11,15H2,1-2H3. The third-order valence-corrected chi connectivity index (χ3v) is 5.01. The van der Waals surface area contributed by atoms with Crippen molar-refractivity contribution in [1.29, 1.82) is 0 Å². The third-order valence-electron chi connectivity index (χ3n) is 5.01. The average molecular weight is 224 g/mol. The highest BCUT2D eigenvalue weighted by molar-refractivity contribution is 4.98. The van der Waals surface area contributed by atoms with Crippen molar-refractivity contribution in [2.24, 2.45) is 11.7 Å². The van der Waals surface area contributed by atoms with Crippen LogP contribution in [0.4, 0.5) is 0 Å². The van der Waals surface area contributed by atoms with Gasteiger partial charge in [-0.25, -0.2) is 0 Å². The number of rotatable bonds is 2. The first-order chi connectivity index (χ1) is 7.66. The Kier molecular flexibility index (Phi) is 3.91. The zero-order valence-electron chi connectivity index (χ0n) is 11.0. The van der Waals surface area contributed by atoms with E-state index in [1.54, 1.807) is 0 Å². The topological polar surface area (TPSA) is 29.3 Å². The van der Waals surface area contributed by atoms with Crippen LogP contribution in [0.3, 0.4) is 0 Å². The van der Waals surface area contributed by atoms with Gasteiger partial charge in [0.2, 0.25) is 0 Å². The molecule has 94 valence electrons. The quantitative estimate of drug-likeness (QED) is 0.731. The van der Waals surface area contributed by atoms with E-state index in [0.29, 0.717) is 11.5 Å². The van der Waals surface area contributed by atoms with Crippen molar-refractivity contribution in [2.75, 3.05) is 13.1 Å². The maximum absolute atomic E-state index is 5.91. The van der Waals surface area contributed by atoms with Crippen LogP contribution in [-0.2, 0) is 0 Å². The van der Waals surface area contributed by atoms with Gasteiger partial charge in [0, 0.05) is 11.6 Å². The molecule has 1 saturated carbocycles. The molecule has 1 heterocycles. The van der Waals surface area contributed by atoms with E-state index in [0.717, 1.165) is 12.6 Å². The molecular formula is C14H28N2. The Hall–Kier alpha value is -0.0800. The first-order valence-corrected chi connectivity index (χ1v) is 7.13. The van der Waals surface area contributed by atoms with E-state index < -0.39 is 0 Å². The van der Waals surface area contributed by atoms with Gasteiger partial charge in [0.25, 0.3) is 0 Å². The van der Waals surface area contributed by atoms with E-state index in [1.165, 1.54) is 51.5 Å². The summed E-state index contributed by atoms with van der Waals surface area (Å²) in [7, 11) is 0. The average Bonchev–Trinajstić information content (AvgIpc) is 2.46. The predicted octanol–water partition coefficient (Wildman–Crippen LogP) is 2.77. The monoisotopic (exact) mass is 224 g/mol. The lowest BCUT2D eigenvalue weighted by molar-refractivity contribution is 0.0815. The van der Waals surface area contributed by atoms with Gasteiger partial charge in [-0.15, -0.1) is 0 Å². The van der Waals surface area contributed by atoms with Crippen molar-refractivity contribution >= 4 is 0 Å². The Balaban J connectivity index is 2.03. The predicted molar refractivity (Wildman–Crippen MR) is 69.4 cm³/mol.